The molecule has 21 heavy (non-hydrogen) atoms. The van der Waals surface area contributed by atoms with E-state index in [0.717, 1.165) is 11.5 Å². The molecule has 0 aromatic heterocycles. The van der Waals surface area contributed by atoms with Gasteiger partial charge in [0.1, 0.15) is 11.5 Å². The Bertz CT molecular complexity index is 372. The van der Waals surface area contributed by atoms with E-state index in [1.807, 2.05) is 60.7 Å². The summed E-state index contributed by atoms with van der Waals surface area (Å²) in [5.41, 5.74) is 0. The summed E-state index contributed by atoms with van der Waals surface area (Å²) in [4.78, 5) is 0. The van der Waals surface area contributed by atoms with Crippen LogP contribution < -0.4 is 34.3 Å². The zero-order chi connectivity index (χ0) is 13.1. The Hall–Kier alpha value is -0.497. The molecule has 2 rings (SSSR count). The van der Waals surface area contributed by atoms with Crippen LogP contribution in [-0.4, -0.2) is 13.2 Å². The van der Waals surface area contributed by atoms with Gasteiger partial charge in [0.2, 0.25) is 0 Å². The summed E-state index contributed by atoms with van der Waals surface area (Å²) in [6.07, 6.45) is 0. The molecule has 112 valence electrons. The first-order chi connectivity index (χ1) is 8.86. The molecule has 0 atom stereocenters. The molecule has 2 aromatic carbocycles. The topological polar surface area (TPSA) is 18.5 Å². The van der Waals surface area contributed by atoms with Crippen molar-refractivity contribution >= 4 is 0 Å². The van der Waals surface area contributed by atoms with Crippen LogP contribution in [0.3, 0.4) is 0 Å². The molecule has 0 spiro atoms. The summed E-state index contributed by atoms with van der Waals surface area (Å²) >= 11 is 0. The van der Waals surface area contributed by atoms with Crippen LogP contribution in [0, 0.1) is 13.8 Å². The van der Waals surface area contributed by atoms with Crippen LogP contribution in [0.1, 0.15) is 0 Å². The fourth-order valence-electron chi connectivity index (χ4n) is 1.27. The molecule has 0 aliphatic rings. The minimum atomic E-state index is 0. The van der Waals surface area contributed by atoms with Crippen LogP contribution in [0.4, 0.5) is 0 Å². The molecule has 0 heterocycles. The van der Waals surface area contributed by atoms with Crippen LogP contribution in [0.15, 0.2) is 60.7 Å². The molecule has 0 aliphatic heterocycles. The summed E-state index contributed by atoms with van der Waals surface area (Å²) < 4.78 is 10.2. The van der Waals surface area contributed by atoms with Crippen molar-refractivity contribution in [3.63, 3.8) is 0 Å². The summed E-state index contributed by atoms with van der Waals surface area (Å²) in [6.45, 7) is 8.10. The number of hydrogen-bond acceptors (Lipinski definition) is 2. The van der Waals surface area contributed by atoms with E-state index in [-0.39, 0.29) is 51.0 Å². The quantitative estimate of drug-likeness (QED) is 0.539. The van der Waals surface area contributed by atoms with Gasteiger partial charge in [-0.25, -0.2) is 0 Å². The smallest absolute Gasteiger partial charge is 1.00 e. The minimum Gasteiger partial charge on any atom is -1.00 e. The van der Waals surface area contributed by atoms with Gasteiger partial charge in [-0.05, 0) is 37.5 Å². The summed E-state index contributed by atoms with van der Waals surface area (Å²) in [7, 11) is 0. The number of hydrogen-bond donors (Lipinski definition) is 0. The molecule has 0 aliphatic carbocycles. The average Bonchev–Trinajstić information content (AvgIpc) is 2.43. The van der Waals surface area contributed by atoms with Gasteiger partial charge < -0.3 is 48.1 Å². The van der Waals surface area contributed by atoms with Gasteiger partial charge in [0.15, 0.2) is 0 Å². The van der Waals surface area contributed by atoms with Crippen molar-refractivity contribution in [3.05, 3.63) is 74.5 Å². The van der Waals surface area contributed by atoms with Crippen molar-refractivity contribution < 1.29 is 60.5 Å². The second-order valence-corrected chi connectivity index (χ2v) is 3.32. The summed E-state index contributed by atoms with van der Waals surface area (Å²) in [6, 6.07) is 19.3. The van der Waals surface area contributed by atoms with E-state index in [2.05, 4.69) is 13.8 Å². The van der Waals surface area contributed by atoms with Crippen molar-refractivity contribution in [2.45, 2.75) is 0 Å². The van der Waals surface area contributed by atoms with E-state index < -0.39 is 0 Å². The number of para-hydroxylation sites is 2. The fourth-order valence-corrected chi connectivity index (χ4v) is 1.27. The SMILES string of the molecule is [CH2-]COc1ccccc1.[CH2-]COc1ccccc1.[Cl-].[Cl-].[Zr+4]. The maximum Gasteiger partial charge on any atom is 4.00 e. The number of ether oxygens (including phenoxy) is 2. The predicted molar refractivity (Wildman–Crippen MR) is 74.6 cm³/mol. The molecule has 0 saturated carbocycles. The number of halogens is 2. The average molecular weight is 404 g/mol. The van der Waals surface area contributed by atoms with Crippen molar-refractivity contribution in [2.75, 3.05) is 13.2 Å². The zero-order valence-electron chi connectivity index (χ0n) is 11.7. The number of benzene rings is 2. The van der Waals surface area contributed by atoms with Gasteiger partial charge in [0.25, 0.3) is 0 Å². The Balaban J connectivity index is -0.000000270. The third kappa shape index (κ3) is 12.9. The van der Waals surface area contributed by atoms with E-state index in [0.29, 0.717) is 13.2 Å². The molecule has 2 nitrogen and oxygen atoms in total. The third-order valence-corrected chi connectivity index (χ3v) is 2.02. The van der Waals surface area contributed by atoms with Gasteiger partial charge in [-0.2, -0.15) is 0 Å². The van der Waals surface area contributed by atoms with Crippen molar-refractivity contribution in [2.24, 2.45) is 0 Å². The molecule has 0 amide bonds. The van der Waals surface area contributed by atoms with Crippen LogP contribution in [-0.2, 0) is 26.2 Å². The van der Waals surface area contributed by atoms with Crippen molar-refractivity contribution in [1.82, 2.24) is 0 Å². The van der Waals surface area contributed by atoms with E-state index in [1.54, 1.807) is 0 Å². The largest absolute Gasteiger partial charge is 4.00 e. The predicted octanol–water partition coefficient (Wildman–Crippen LogP) is -2.20. The Morgan fingerprint density at radius 3 is 1.14 bits per heavy atom. The molecule has 0 fully saturated rings. The Morgan fingerprint density at radius 1 is 0.619 bits per heavy atom. The Morgan fingerprint density at radius 2 is 0.905 bits per heavy atom. The van der Waals surface area contributed by atoms with Crippen molar-refractivity contribution in [1.29, 1.82) is 0 Å². The summed E-state index contributed by atoms with van der Waals surface area (Å²) in [5.74, 6) is 1.76. The van der Waals surface area contributed by atoms with Crippen LogP contribution in [0.2, 0.25) is 0 Å². The van der Waals surface area contributed by atoms with Gasteiger partial charge in [0, 0.05) is 0 Å². The van der Waals surface area contributed by atoms with E-state index >= 15 is 0 Å². The second-order valence-electron chi connectivity index (χ2n) is 3.32. The van der Waals surface area contributed by atoms with Gasteiger partial charge in [-0.1, -0.05) is 36.4 Å². The van der Waals surface area contributed by atoms with Crippen molar-refractivity contribution in [3.8, 4) is 11.5 Å². The normalized spacial score (nSPS) is 7.71. The zero-order valence-corrected chi connectivity index (χ0v) is 15.6. The van der Waals surface area contributed by atoms with E-state index in [4.69, 9.17) is 9.47 Å². The van der Waals surface area contributed by atoms with E-state index in [9.17, 15) is 0 Å². The first kappa shape index (κ1) is 25.5. The van der Waals surface area contributed by atoms with Gasteiger partial charge in [0.05, 0.1) is 0 Å². The van der Waals surface area contributed by atoms with Crippen LogP contribution in [0.5, 0.6) is 11.5 Å². The molecular weight excluding hydrogens is 386 g/mol. The monoisotopic (exact) mass is 402 g/mol. The summed E-state index contributed by atoms with van der Waals surface area (Å²) in [5, 5.41) is 0. The maximum absolute atomic E-state index is 5.09. The standard InChI is InChI=1S/2C8H9O.2ClH.Zr/c2*1-2-9-8-6-4-3-5-7-8;;;/h2*3-7H,1-2H2;2*1H;/q2*-1;;;+4/p-2. The Kier molecular flexibility index (Phi) is 21.3. The second kappa shape index (κ2) is 17.6. The molecule has 2 aromatic rings. The molecular formula is C16H18Cl2O2Zr. The third-order valence-electron chi connectivity index (χ3n) is 2.02. The first-order valence-electron chi connectivity index (χ1n) is 5.81. The molecule has 0 radical (unpaired) electrons. The molecule has 5 heteroatoms. The maximum atomic E-state index is 5.09. The van der Waals surface area contributed by atoms with E-state index in [1.165, 1.54) is 0 Å². The Labute approximate surface area is 159 Å². The molecule has 0 bridgehead atoms. The van der Waals surface area contributed by atoms with Gasteiger partial charge in [-0.15, -0.1) is 0 Å². The fraction of sp³-hybridized carbons (Fsp3) is 0.125. The van der Waals surface area contributed by atoms with Crippen LogP contribution >= 0.6 is 0 Å². The van der Waals surface area contributed by atoms with Gasteiger partial charge >= 0.3 is 26.2 Å². The molecule has 0 N–H and O–H groups in total. The first-order valence-corrected chi connectivity index (χ1v) is 5.81. The number of rotatable bonds is 4. The van der Waals surface area contributed by atoms with Crippen LogP contribution in [0.25, 0.3) is 0 Å². The molecule has 0 unspecified atom stereocenters. The van der Waals surface area contributed by atoms with Gasteiger partial charge in [-0.3, -0.25) is 0 Å². The molecule has 0 saturated heterocycles. The minimum absolute atomic E-state index is 0.